The quantitative estimate of drug-likeness (QED) is 0.877. The number of aryl methyl sites for hydroxylation is 1. The van der Waals surface area contributed by atoms with Crippen molar-refractivity contribution in [1.29, 1.82) is 0 Å². The Morgan fingerprint density at radius 1 is 1.25 bits per heavy atom. The summed E-state index contributed by atoms with van der Waals surface area (Å²) in [6, 6.07) is 6.31. The fourth-order valence-corrected chi connectivity index (χ4v) is 2.21. The maximum Gasteiger partial charge on any atom is 0.124 e. The largest absolute Gasteiger partial charge is 0.496 e. The minimum absolute atomic E-state index is 0.0479. The van der Waals surface area contributed by atoms with E-state index >= 15 is 0 Å². The van der Waals surface area contributed by atoms with Gasteiger partial charge in [-0.3, -0.25) is 0 Å². The van der Waals surface area contributed by atoms with Crippen LogP contribution >= 0.6 is 0 Å². The second-order valence-electron chi connectivity index (χ2n) is 4.80. The monoisotopic (exact) mass is 271 g/mol. The van der Waals surface area contributed by atoms with Crippen molar-refractivity contribution in [2.45, 2.75) is 26.3 Å². The van der Waals surface area contributed by atoms with Crippen LogP contribution in [0.2, 0.25) is 0 Å². The maximum absolute atomic E-state index is 5.53. The molecule has 0 aliphatic rings. The molecule has 0 saturated carbocycles. The molecule has 1 unspecified atom stereocenters. The van der Waals surface area contributed by atoms with Gasteiger partial charge in [0.25, 0.3) is 0 Å². The molecule has 0 bridgehead atoms. The Bertz CT molecular complexity index is 543. The van der Waals surface area contributed by atoms with Gasteiger partial charge in [0, 0.05) is 23.5 Å². The first-order chi connectivity index (χ1) is 9.76. The summed E-state index contributed by atoms with van der Waals surface area (Å²) in [7, 11) is 1.71. The summed E-state index contributed by atoms with van der Waals surface area (Å²) in [6.07, 6.45) is 6.31. The second-order valence-corrected chi connectivity index (χ2v) is 4.80. The number of nitrogens with zero attached hydrogens (tertiary/aromatic N) is 2. The summed E-state index contributed by atoms with van der Waals surface area (Å²) in [4.78, 5) is 8.24. The fourth-order valence-electron chi connectivity index (χ4n) is 2.21. The standard InChI is InChI=1S/C16H21N3O/c1-4-7-19-16(13-9-17-11-18-10-13)14-6-5-12(2)8-15(14)20-3/h5-6,8-11,16,19H,4,7H2,1-3H3. The van der Waals surface area contributed by atoms with Crippen LogP contribution in [0, 0.1) is 6.92 Å². The number of hydrogen-bond acceptors (Lipinski definition) is 4. The zero-order chi connectivity index (χ0) is 14.4. The minimum atomic E-state index is 0.0479. The smallest absolute Gasteiger partial charge is 0.124 e. The molecule has 20 heavy (non-hydrogen) atoms. The molecule has 4 nitrogen and oxygen atoms in total. The summed E-state index contributed by atoms with van der Waals surface area (Å²) in [5.74, 6) is 0.891. The van der Waals surface area contributed by atoms with Gasteiger partial charge in [-0.2, -0.15) is 0 Å². The lowest BCUT2D eigenvalue weighted by atomic mass is 9.98. The van der Waals surface area contributed by atoms with Gasteiger partial charge in [0.1, 0.15) is 12.1 Å². The second kappa shape index (κ2) is 7.01. The van der Waals surface area contributed by atoms with Gasteiger partial charge in [-0.25, -0.2) is 9.97 Å². The first-order valence-corrected chi connectivity index (χ1v) is 6.89. The lowest BCUT2D eigenvalue weighted by Gasteiger charge is -2.21. The average molecular weight is 271 g/mol. The first kappa shape index (κ1) is 14.5. The molecule has 1 atom stereocenters. The maximum atomic E-state index is 5.53. The summed E-state index contributed by atoms with van der Waals surface area (Å²) in [6.45, 7) is 5.14. The third kappa shape index (κ3) is 3.33. The highest BCUT2D eigenvalue weighted by Gasteiger charge is 2.18. The van der Waals surface area contributed by atoms with Gasteiger partial charge in [0.15, 0.2) is 0 Å². The number of methoxy groups -OCH3 is 1. The number of aromatic nitrogens is 2. The Hall–Kier alpha value is -1.94. The van der Waals surface area contributed by atoms with Crippen molar-refractivity contribution in [1.82, 2.24) is 15.3 Å². The van der Waals surface area contributed by atoms with Crippen molar-refractivity contribution >= 4 is 0 Å². The number of benzene rings is 1. The zero-order valence-electron chi connectivity index (χ0n) is 12.3. The van der Waals surface area contributed by atoms with Crippen molar-refractivity contribution in [2.24, 2.45) is 0 Å². The molecule has 0 spiro atoms. The Morgan fingerprint density at radius 2 is 2.00 bits per heavy atom. The summed E-state index contributed by atoms with van der Waals surface area (Å²) in [5.41, 5.74) is 3.34. The molecule has 4 heteroatoms. The van der Waals surface area contributed by atoms with Crippen LogP contribution in [0.25, 0.3) is 0 Å². The van der Waals surface area contributed by atoms with Gasteiger partial charge >= 0.3 is 0 Å². The summed E-state index contributed by atoms with van der Waals surface area (Å²) in [5, 5.41) is 3.54. The lowest BCUT2D eigenvalue weighted by molar-refractivity contribution is 0.403. The molecule has 1 aromatic carbocycles. The SMILES string of the molecule is CCCNC(c1cncnc1)c1ccc(C)cc1OC. The van der Waals surface area contributed by atoms with Gasteiger partial charge in [0.05, 0.1) is 13.2 Å². The fraction of sp³-hybridized carbons (Fsp3) is 0.375. The van der Waals surface area contributed by atoms with Crippen LogP contribution in [-0.4, -0.2) is 23.6 Å². The first-order valence-electron chi connectivity index (χ1n) is 6.89. The van der Waals surface area contributed by atoms with E-state index in [0.717, 1.165) is 29.8 Å². The van der Waals surface area contributed by atoms with E-state index in [1.807, 2.05) is 12.4 Å². The van der Waals surface area contributed by atoms with Crippen LogP contribution < -0.4 is 10.1 Å². The molecule has 1 heterocycles. The number of ether oxygens (including phenoxy) is 1. The number of rotatable bonds is 6. The van der Waals surface area contributed by atoms with E-state index in [1.165, 1.54) is 5.56 Å². The minimum Gasteiger partial charge on any atom is -0.496 e. The highest BCUT2D eigenvalue weighted by Crippen LogP contribution is 2.30. The van der Waals surface area contributed by atoms with Crippen molar-refractivity contribution in [3.63, 3.8) is 0 Å². The summed E-state index contributed by atoms with van der Waals surface area (Å²) < 4.78 is 5.53. The van der Waals surface area contributed by atoms with E-state index in [-0.39, 0.29) is 6.04 Å². The summed E-state index contributed by atoms with van der Waals surface area (Å²) >= 11 is 0. The van der Waals surface area contributed by atoms with Crippen LogP contribution in [-0.2, 0) is 0 Å². The molecule has 0 aliphatic carbocycles. The van der Waals surface area contributed by atoms with Crippen molar-refractivity contribution in [3.8, 4) is 5.75 Å². The third-order valence-corrected chi connectivity index (χ3v) is 3.21. The van der Waals surface area contributed by atoms with Crippen molar-refractivity contribution in [2.75, 3.05) is 13.7 Å². The van der Waals surface area contributed by atoms with Crippen molar-refractivity contribution in [3.05, 3.63) is 53.6 Å². The van der Waals surface area contributed by atoms with Crippen LogP contribution in [0.15, 0.2) is 36.9 Å². The van der Waals surface area contributed by atoms with E-state index in [9.17, 15) is 0 Å². The highest BCUT2D eigenvalue weighted by atomic mass is 16.5. The molecule has 1 N–H and O–H groups in total. The molecular weight excluding hydrogens is 250 g/mol. The molecule has 2 rings (SSSR count). The Balaban J connectivity index is 2.41. The lowest BCUT2D eigenvalue weighted by Crippen LogP contribution is -2.24. The molecule has 0 fully saturated rings. The molecule has 0 saturated heterocycles. The van der Waals surface area contributed by atoms with Gasteiger partial charge < -0.3 is 10.1 Å². The number of hydrogen-bond donors (Lipinski definition) is 1. The van der Waals surface area contributed by atoms with Gasteiger partial charge in [0.2, 0.25) is 0 Å². The Labute approximate surface area is 120 Å². The van der Waals surface area contributed by atoms with Gasteiger partial charge in [-0.15, -0.1) is 0 Å². The molecule has 1 aromatic heterocycles. The molecule has 0 radical (unpaired) electrons. The van der Waals surface area contributed by atoms with Gasteiger partial charge in [-0.05, 0) is 31.5 Å². The molecule has 0 aliphatic heterocycles. The van der Waals surface area contributed by atoms with Crippen LogP contribution in [0.5, 0.6) is 5.75 Å². The zero-order valence-corrected chi connectivity index (χ0v) is 12.3. The normalized spacial score (nSPS) is 12.2. The van der Waals surface area contributed by atoms with E-state index < -0.39 is 0 Å². The highest BCUT2D eigenvalue weighted by molar-refractivity contribution is 5.43. The van der Waals surface area contributed by atoms with Crippen LogP contribution in [0.4, 0.5) is 0 Å². The van der Waals surface area contributed by atoms with E-state index in [1.54, 1.807) is 13.4 Å². The Kier molecular flexibility index (Phi) is 5.07. The van der Waals surface area contributed by atoms with E-state index in [2.05, 4.69) is 47.3 Å². The Morgan fingerprint density at radius 3 is 2.65 bits per heavy atom. The topological polar surface area (TPSA) is 47.0 Å². The third-order valence-electron chi connectivity index (χ3n) is 3.21. The van der Waals surface area contributed by atoms with Crippen LogP contribution in [0.1, 0.15) is 36.1 Å². The van der Waals surface area contributed by atoms with E-state index in [4.69, 9.17) is 4.74 Å². The van der Waals surface area contributed by atoms with Gasteiger partial charge in [-0.1, -0.05) is 19.1 Å². The predicted octanol–water partition coefficient (Wildman–Crippen LogP) is 2.88. The predicted molar refractivity (Wildman–Crippen MR) is 79.9 cm³/mol. The molecule has 0 amide bonds. The molecule has 106 valence electrons. The average Bonchev–Trinajstić information content (AvgIpc) is 2.49. The molecular formula is C16H21N3O. The molecule has 2 aromatic rings. The van der Waals surface area contributed by atoms with Crippen molar-refractivity contribution < 1.29 is 4.74 Å². The van der Waals surface area contributed by atoms with Crippen LogP contribution in [0.3, 0.4) is 0 Å². The number of nitrogens with one attached hydrogen (secondary N) is 1. The van der Waals surface area contributed by atoms with E-state index in [0.29, 0.717) is 0 Å².